The van der Waals surface area contributed by atoms with Crippen molar-refractivity contribution in [3.05, 3.63) is 0 Å². The molecule has 2 saturated heterocycles. The molecule has 2 heterocycles. The van der Waals surface area contributed by atoms with Gasteiger partial charge in [-0.3, -0.25) is 0 Å². The first-order valence-electron chi connectivity index (χ1n) is 6.40. The van der Waals surface area contributed by atoms with Gasteiger partial charge >= 0.3 is 6.18 Å². The molecule has 0 bridgehead atoms. The molecule has 9 heteroatoms. The Bertz CT molecular complexity index is 346. The Kier molecular flexibility index (Phi) is 6.76. The largest absolute Gasteiger partial charge is 0.542 e. The quantitative estimate of drug-likeness (QED) is 0.688. The summed E-state index contributed by atoms with van der Waals surface area (Å²) in [6.45, 7) is 0. The molecule has 0 spiro atoms. The Morgan fingerprint density at radius 2 is 1.62 bits per heavy atom. The van der Waals surface area contributed by atoms with E-state index in [1.165, 1.54) is 11.5 Å². The summed E-state index contributed by atoms with van der Waals surface area (Å²) in [5, 5.41) is 19.3. The van der Waals surface area contributed by atoms with Crippen molar-refractivity contribution in [2.75, 3.05) is 25.7 Å². The SMILES string of the molecule is CO[C@@H]1CC[S+]2CC[C@@H](OC)[C@H]2[C@@H]1O.O=C([O-])C(F)(F)F. The second kappa shape index (κ2) is 7.66. The predicted molar refractivity (Wildman–Crippen MR) is 68.8 cm³/mol. The van der Waals surface area contributed by atoms with Gasteiger partial charge in [0, 0.05) is 27.1 Å². The standard InChI is InChI=1S/C10H19O3S.C2HF3O2/c1-12-7-3-5-14-6-4-8(13-2)10(14)9(7)11;3-2(4,5)1(6)7/h7-11H,3-6H2,1-2H3;(H,6,7)/q+1;/p-1/t7-,8-,9-,10+,14?;/m1./s1. The molecule has 0 aromatic carbocycles. The first-order valence-corrected chi connectivity index (χ1v) is 8.03. The highest BCUT2D eigenvalue weighted by Gasteiger charge is 2.54. The van der Waals surface area contributed by atoms with E-state index in [-0.39, 0.29) is 18.3 Å². The molecule has 2 rings (SSSR count). The third-order valence-electron chi connectivity index (χ3n) is 3.63. The highest BCUT2D eigenvalue weighted by Crippen LogP contribution is 2.34. The second-order valence-corrected chi connectivity index (χ2v) is 7.25. The summed E-state index contributed by atoms with van der Waals surface area (Å²) in [6.07, 6.45) is -3.11. The average Bonchev–Trinajstić information content (AvgIpc) is 2.82. The number of halogens is 3. The summed E-state index contributed by atoms with van der Waals surface area (Å²) in [4.78, 5) is 8.78. The summed E-state index contributed by atoms with van der Waals surface area (Å²) in [6, 6.07) is 0. The number of alkyl halides is 3. The van der Waals surface area contributed by atoms with E-state index in [4.69, 9.17) is 19.4 Å². The van der Waals surface area contributed by atoms with Gasteiger partial charge in [0.05, 0.1) is 6.10 Å². The first kappa shape index (κ1) is 18.5. The van der Waals surface area contributed by atoms with Crippen molar-refractivity contribution in [2.45, 2.75) is 42.6 Å². The Morgan fingerprint density at radius 3 is 2.00 bits per heavy atom. The molecular formula is C12H19F3O5S. The van der Waals surface area contributed by atoms with E-state index in [9.17, 15) is 18.3 Å². The van der Waals surface area contributed by atoms with E-state index in [2.05, 4.69) is 0 Å². The van der Waals surface area contributed by atoms with Gasteiger partial charge in [0.2, 0.25) is 0 Å². The maximum absolute atomic E-state index is 10.5. The van der Waals surface area contributed by atoms with Gasteiger partial charge in [-0.25, -0.2) is 0 Å². The van der Waals surface area contributed by atoms with E-state index in [1.807, 2.05) is 0 Å². The molecule has 0 aromatic heterocycles. The number of carboxylic acids is 1. The summed E-state index contributed by atoms with van der Waals surface area (Å²) in [5.74, 6) is -0.566. The minimum Gasteiger partial charge on any atom is -0.542 e. The van der Waals surface area contributed by atoms with Crippen LogP contribution in [0.15, 0.2) is 0 Å². The van der Waals surface area contributed by atoms with Crippen LogP contribution in [0.1, 0.15) is 12.8 Å². The Balaban J connectivity index is 0.000000270. The maximum atomic E-state index is 10.5. The van der Waals surface area contributed by atoms with Crippen LogP contribution in [-0.4, -0.2) is 66.5 Å². The normalized spacial score (nSPS) is 35.6. The van der Waals surface area contributed by atoms with Crippen molar-refractivity contribution >= 4 is 16.9 Å². The molecule has 0 amide bonds. The van der Waals surface area contributed by atoms with Crippen molar-refractivity contribution in [1.29, 1.82) is 0 Å². The van der Waals surface area contributed by atoms with Crippen LogP contribution >= 0.6 is 0 Å². The molecule has 1 N–H and O–H groups in total. The molecule has 0 aliphatic carbocycles. The molecular weight excluding hydrogens is 313 g/mol. The van der Waals surface area contributed by atoms with Crippen LogP contribution in [0.2, 0.25) is 0 Å². The van der Waals surface area contributed by atoms with Crippen LogP contribution in [0.3, 0.4) is 0 Å². The van der Waals surface area contributed by atoms with Crippen molar-refractivity contribution in [1.82, 2.24) is 0 Å². The minimum atomic E-state index is -5.19. The number of carbonyl (C=O) groups is 1. The summed E-state index contributed by atoms with van der Waals surface area (Å²) < 4.78 is 42.3. The number of carbonyl (C=O) groups excluding carboxylic acids is 1. The predicted octanol–water partition coefficient (Wildman–Crippen LogP) is -0.530. The Labute approximate surface area is 123 Å². The highest BCUT2D eigenvalue weighted by molar-refractivity contribution is 7.97. The lowest BCUT2D eigenvalue weighted by molar-refractivity contribution is -0.344. The van der Waals surface area contributed by atoms with Gasteiger partial charge in [-0.1, -0.05) is 0 Å². The molecule has 0 aromatic rings. The molecule has 124 valence electrons. The van der Waals surface area contributed by atoms with E-state index < -0.39 is 12.1 Å². The van der Waals surface area contributed by atoms with Crippen LogP contribution < -0.4 is 5.11 Å². The summed E-state index contributed by atoms with van der Waals surface area (Å²) in [7, 11) is 3.82. The molecule has 21 heavy (non-hydrogen) atoms. The lowest BCUT2D eigenvalue weighted by Crippen LogP contribution is -2.51. The Morgan fingerprint density at radius 1 is 1.19 bits per heavy atom. The minimum absolute atomic E-state index is 0.0273. The van der Waals surface area contributed by atoms with Crippen molar-refractivity contribution < 1.29 is 37.7 Å². The van der Waals surface area contributed by atoms with Crippen molar-refractivity contribution in [2.24, 2.45) is 0 Å². The molecule has 1 unspecified atom stereocenters. The van der Waals surface area contributed by atoms with E-state index in [0.29, 0.717) is 16.1 Å². The van der Waals surface area contributed by atoms with Crippen LogP contribution in [-0.2, 0) is 25.2 Å². The zero-order valence-electron chi connectivity index (χ0n) is 11.8. The van der Waals surface area contributed by atoms with Gasteiger partial charge in [-0.05, 0) is 10.9 Å². The number of ether oxygens (including phenoxy) is 2. The van der Waals surface area contributed by atoms with E-state index in [0.717, 1.165) is 12.8 Å². The molecule has 2 aliphatic heterocycles. The first-order chi connectivity index (χ1) is 9.72. The lowest BCUT2D eigenvalue weighted by atomic mass is 10.0. The molecule has 0 saturated carbocycles. The van der Waals surface area contributed by atoms with Gasteiger partial charge in [-0.2, -0.15) is 13.2 Å². The molecule has 5 nitrogen and oxygen atoms in total. The summed E-state index contributed by atoms with van der Waals surface area (Å²) >= 11 is 0. The highest BCUT2D eigenvalue weighted by atomic mass is 32.2. The van der Waals surface area contributed by atoms with Crippen LogP contribution in [0.4, 0.5) is 13.2 Å². The maximum Gasteiger partial charge on any atom is 0.430 e. The molecule has 2 aliphatic rings. The van der Waals surface area contributed by atoms with Gasteiger partial charge in [0.25, 0.3) is 0 Å². The number of aliphatic hydroxyl groups excluding tert-OH is 1. The number of hydrogen-bond acceptors (Lipinski definition) is 5. The molecule has 2 fully saturated rings. The van der Waals surface area contributed by atoms with Crippen LogP contribution in [0.25, 0.3) is 0 Å². The van der Waals surface area contributed by atoms with Gasteiger partial charge in [0.15, 0.2) is 5.25 Å². The number of fused-ring (bicyclic) bond motifs is 1. The van der Waals surface area contributed by atoms with Gasteiger partial charge < -0.3 is 24.5 Å². The number of aliphatic carboxylic acids is 1. The molecule has 5 atom stereocenters. The number of carboxylic acid groups (broad SMARTS) is 1. The average molecular weight is 332 g/mol. The fourth-order valence-corrected chi connectivity index (χ4v) is 5.66. The lowest BCUT2D eigenvalue weighted by Gasteiger charge is -2.32. The topological polar surface area (TPSA) is 78.8 Å². The van der Waals surface area contributed by atoms with Crippen molar-refractivity contribution in [3.8, 4) is 0 Å². The van der Waals surface area contributed by atoms with Gasteiger partial charge in [-0.15, -0.1) is 0 Å². The third kappa shape index (κ3) is 4.73. The van der Waals surface area contributed by atoms with Gasteiger partial charge in [0.1, 0.15) is 29.7 Å². The van der Waals surface area contributed by atoms with Crippen LogP contribution in [0.5, 0.6) is 0 Å². The monoisotopic (exact) mass is 332 g/mol. The number of hydrogen-bond donors (Lipinski definition) is 1. The van der Waals surface area contributed by atoms with Crippen molar-refractivity contribution in [3.63, 3.8) is 0 Å². The number of rotatable bonds is 2. The Hall–Kier alpha value is -0.510. The molecule has 0 radical (unpaired) electrons. The van der Waals surface area contributed by atoms with Crippen LogP contribution in [0, 0.1) is 0 Å². The summed E-state index contributed by atoms with van der Waals surface area (Å²) in [5.41, 5.74) is 0. The zero-order valence-corrected chi connectivity index (χ0v) is 12.6. The fraction of sp³-hybridized carbons (Fsp3) is 0.917. The third-order valence-corrected chi connectivity index (χ3v) is 6.51. The van der Waals surface area contributed by atoms with E-state index in [1.54, 1.807) is 14.2 Å². The smallest absolute Gasteiger partial charge is 0.430 e. The zero-order chi connectivity index (χ0) is 16.2. The number of methoxy groups -OCH3 is 2. The van der Waals surface area contributed by atoms with E-state index >= 15 is 0 Å². The number of aliphatic hydroxyl groups is 1. The fourth-order valence-electron chi connectivity index (χ4n) is 2.60. The second-order valence-electron chi connectivity index (χ2n) is 4.81.